The number of anilines is 4. The van der Waals surface area contributed by atoms with Crippen LogP contribution in [0.25, 0.3) is 0 Å². The van der Waals surface area contributed by atoms with Crippen LogP contribution in [0.2, 0.25) is 10.0 Å². The first kappa shape index (κ1) is 55.1. The quantitative estimate of drug-likeness (QED) is 0.0436. The van der Waals surface area contributed by atoms with Crippen molar-refractivity contribution < 1.29 is 9.59 Å². The van der Waals surface area contributed by atoms with Crippen LogP contribution in [-0.4, -0.2) is 122 Å². The predicted octanol–water partition coefficient (Wildman–Crippen LogP) is 13.2. The molecule has 0 radical (unpaired) electrons. The third kappa shape index (κ3) is 17.2. The Balaban J connectivity index is 0.546. The van der Waals surface area contributed by atoms with Crippen LogP contribution < -0.4 is 21.3 Å². The Kier molecular flexibility index (Phi) is 22.2. The molecule has 0 bridgehead atoms. The van der Waals surface area contributed by atoms with E-state index in [9.17, 15) is 9.59 Å². The molecule has 8 rings (SSSR count). The number of piperazine rings is 2. The highest BCUT2D eigenvalue weighted by molar-refractivity contribution is 6.31. The maximum absolute atomic E-state index is 12.5. The van der Waals surface area contributed by atoms with Gasteiger partial charge in [-0.25, -0.2) is 9.98 Å². The molecule has 12 nitrogen and oxygen atoms in total. The van der Waals surface area contributed by atoms with E-state index in [4.69, 9.17) is 33.2 Å². The van der Waals surface area contributed by atoms with E-state index in [-0.39, 0.29) is 11.8 Å². The molecule has 2 amide bonds. The number of hydrogen-bond acceptors (Lipinski definition) is 10. The van der Waals surface area contributed by atoms with E-state index in [0.29, 0.717) is 22.9 Å². The van der Waals surface area contributed by atoms with Crippen molar-refractivity contribution >= 4 is 80.8 Å². The van der Waals surface area contributed by atoms with Gasteiger partial charge in [-0.15, -0.1) is 0 Å². The van der Waals surface area contributed by atoms with Gasteiger partial charge in [-0.2, -0.15) is 0 Å². The summed E-state index contributed by atoms with van der Waals surface area (Å²) in [5.41, 5.74) is 8.00. The number of benzene rings is 4. The van der Waals surface area contributed by atoms with Gasteiger partial charge in [-0.05, 0) is 99.4 Å². The molecule has 398 valence electrons. The molecule has 4 aromatic carbocycles. The third-order valence-corrected chi connectivity index (χ3v) is 15.6. The number of halogens is 2. The van der Waals surface area contributed by atoms with E-state index in [1.54, 1.807) is 0 Å². The molecular weight excluding hydrogens is 964 g/mol. The van der Waals surface area contributed by atoms with Crippen LogP contribution >= 0.6 is 23.2 Å². The van der Waals surface area contributed by atoms with Gasteiger partial charge in [0, 0.05) is 111 Å². The number of carbonyl (C=O) groups is 2. The van der Waals surface area contributed by atoms with E-state index >= 15 is 0 Å². The van der Waals surface area contributed by atoms with Gasteiger partial charge in [0.2, 0.25) is 11.8 Å². The van der Waals surface area contributed by atoms with E-state index in [1.165, 1.54) is 77.0 Å². The molecule has 0 unspecified atom stereocenters. The number of hydrogen-bond donors (Lipinski definition) is 4. The monoisotopic (exact) mass is 1040 g/mol. The van der Waals surface area contributed by atoms with Crippen LogP contribution in [0.4, 0.5) is 34.1 Å². The molecule has 4 N–H and O–H groups in total. The molecule has 4 aliphatic heterocycles. The summed E-state index contributed by atoms with van der Waals surface area (Å²) in [6.45, 7) is 11.0. The average molecular weight is 1050 g/mol. The zero-order valence-corrected chi connectivity index (χ0v) is 45.5. The summed E-state index contributed by atoms with van der Waals surface area (Å²) >= 11 is 12.7. The summed E-state index contributed by atoms with van der Waals surface area (Å²) in [6, 6.07) is 28.4. The molecule has 4 heterocycles. The maximum atomic E-state index is 12.5. The number of nitrogens with one attached hydrogen (secondary N) is 4. The van der Waals surface area contributed by atoms with Crippen molar-refractivity contribution in [2.45, 2.75) is 128 Å². The van der Waals surface area contributed by atoms with Crippen LogP contribution in [0.15, 0.2) is 94.9 Å². The van der Waals surface area contributed by atoms with Crippen LogP contribution in [0.3, 0.4) is 0 Å². The number of fused-ring (bicyclic) bond motifs is 4. The Labute approximate surface area is 452 Å². The summed E-state index contributed by atoms with van der Waals surface area (Å²) in [7, 11) is 0. The van der Waals surface area contributed by atoms with Gasteiger partial charge in [0.05, 0.1) is 22.7 Å². The largest absolute Gasteiger partial charge is 0.356 e. The van der Waals surface area contributed by atoms with Crippen LogP contribution in [0, 0.1) is 0 Å². The minimum Gasteiger partial charge on any atom is -0.356 e. The number of aliphatic imine (C=N–C) groups is 2. The van der Waals surface area contributed by atoms with E-state index in [0.717, 1.165) is 174 Å². The second kappa shape index (κ2) is 29.8. The molecule has 0 saturated carbocycles. The number of rotatable bonds is 27. The van der Waals surface area contributed by atoms with E-state index in [1.807, 2.05) is 36.4 Å². The first-order valence-corrected chi connectivity index (χ1v) is 29.1. The Bertz CT molecular complexity index is 2300. The van der Waals surface area contributed by atoms with Crippen molar-refractivity contribution in [3.05, 3.63) is 106 Å². The van der Waals surface area contributed by atoms with Gasteiger partial charge in [-0.3, -0.25) is 19.4 Å². The number of amidine groups is 2. The van der Waals surface area contributed by atoms with Crippen LogP contribution in [-0.2, 0) is 9.59 Å². The Morgan fingerprint density at radius 3 is 1.16 bits per heavy atom. The number of amides is 2. The van der Waals surface area contributed by atoms with Gasteiger partial charge < -0.3 is 31.1 Å². The molecule has 0 aromatic heterocycles. The van der Waals surface area contributed by atoms with Crippen molar-refractivity contribution in [3.8, 4) is 0 Å². The Hall–Kier alpha value is -5.14. The van der Waals surface area contributed by atoms with Gasteiger partial charge in [0.15, 0.2) is 0 Å². The third-order valence-electron chi connectivity index (χ3n) is 15.1. The minimum absolute atomic E-state index is 0.199. The molecule has 0 aliphatic carbocycles. The lowest BCUT2D eigenvalue weighted by Gasteiger charge is -2.36. The fourth-order valence-corrected chi connectivity index (χ4v) is 11.1. The lowest BCUT2D eigenvalue weighted by atomic mass is 10.0. The SMILES string of the molecule is O=C(CCCCCCCCCCCCCCCCCCC(=O)NCCCN1CCN(C2=Nc3cc(Cl)ccc3Nc3ccccc32)CC1)NCCCN1CCN(C2=Nc3cc(Cl)ccc3Nc3ccccc32)CC1. The predicted molar refractivity (Wildman–Crippen MR) is 309 cm³/mol. The molecule has 2 saturated heterocycles. The molecule has 14 heteroatoms. The lowest BCUT2D eigenvalue weighted by molar-refractivity contribution is -0.122. The zero-order chi connectivity index (χ0) is 51.2. The zero-order valence-electron chi connectivity index (χ0n) is 44.0. The minimum atomic E-state index is 0.199. The van der Waals surface area contributed by atoms with Crippen LogP contribution in [0.5, 0.6) is 0 Å². The second-order valence-corrected chi connectivity index (χ2v) is 21.6. The van der Waals surface area contributed by atoms with E-state index < -0.39 is 0 Å². The number of carbonyl (C=O) groups excluding carboxylic acids is 2. The molecule has 2 fully saturated rings. The van der Waals surface area contributed by atoms with Crippen molar-refractivity contribution in [1.29, 1.82) is 0 Å². The topological polar surface area (TPSA) is 120 Å². The number of nitrogens with zero attached hydrogens (tertiary/aromatic N) is 6. The summed E-state index contributed by atoms with van der Waals surface area (Å²) in [6.07, 6.45) is 23.3. The first-order valence-electron chi connectivity index (χ1n) is 28.3. The first-order chi connectivity index (χ1) is 36.4. The molecule has 0 atom stereocenters. The fourth-order valence-electron chi connectivity index (χ4n) is 10.8. The van der Waals surface area contributed by atoms with Crippen molar-refractivity contribution in [2.24, 2.45) is 9.98 Å². The molecular formula is C60H82Cl2N10O2. The second-order valence-electron chi connectivity index (χ2n) is 20.8. The maximum Gasteiger partial charge on any atom is 0.219 e. The Morgan fingerprint density at radius 1 is 0.432 bits per heavy atom. The highest BCUT2D eigenvalue weighted by atomic mass is 35.5. The standard InChI is InChI=1S/C60H82Cl2N10O2/c61-47-29-31-53-55(45-47)67-59(49-23-17-19-25-51(49)65-53)71-41-37-69(38-42-71)35-21-33-63-57(73)27-15-13-11-9-7-5-3-1-2-4-6-8-10-12-14-16-28-58(74)64-34-22-36-70-39-43-72(44-40-70)60-50-24-18-20-26-52(50)66-54-32-30-48(62)46-56(54)68-60/h17-20,23-26,29-32,45-46,65-66H,1-16,21-22,27-28,33-44H2,(H,63,73)(H,64,74). The fraction of sp³-hybridized carbons (Fsp3) is 0.533. The summed E-state index contributed by atoms with van der Waals surface area (Å²) in [4.78, 5) is 45.0. The van der Waals surface area contributed by atoms with Gasteiger partial charge in [0.25, 0.3) is 0 Å². The summed E-state index contributed by atoms with van der Waals surface area (Å²) in [5.74, 6) is 2.39. The van der Waals surface area contributed by atoms with Crippen molar-refractivity contribution in [2.75, 3.05) is 89.2 Å². The average Bonchev–Trinajstić information content (AvgIpc) is 3.69. The highest BCUT2D eigenvalue weighted by Crippen LogP contribution is 2.38. The van der Waals surface area contributed by atoms with E-state index in [2.05, 4.69) is 89.4 Å². The molecule has 4 aromatic rings. The summed E-state index contributed by atoms with van der Waals surface area (Å²) < 4.78 is 0. The number of para-hydroxylation sites is 2. The van der Waals surface area contributed by atoms with Gasteiger partial charge in [-0.1, -0.05) is 137 Å². The Morgan fingerprint density at radius 2 is 0.784 bits per heavy atom. The smallest absolute Gasteiger partial charge is 0.219 e. The molecule has 74 heavy (non-hydrogen) atoms. The van der Waals surface area contributed by atoms with Crippen LogP contribution in [0.1, 0.15) is 140 Å². The number of unbranched alkanes of at least 4 members (excludes halogenated alkanes) is 15. The van der Waals surface area contributed by atoms with Gasteiger partial charge >= 0.3 is 0 Å². The van der Waals surface area contributed by atoms with Crippen molar-refractivity contribution in [1.82, 2.24) is 30.2 Å². The molecule has 4 aliphatic rings. The highest BCUT2D eigenvalue weighted by Gasteiger charge is 2.27. The van der Waals surface area contributed by atoms with Gasteiger partial charge in [0.1, 0.15) is 11.7 Å². The normalized spacial score (nSPS) is 15.5. The molecule has 0 spiro atoms. The lowest BCUT2D eigenvalue weighted by Crippen LogP contribution is -2.49. The summed E-state index contributed by atoms with van der Waals surface area (Å²) in [5, 5.41) is 14.8. The van der Waals surface area contributed by atoms with Crippen molar-refractivity contribution in [3.63, 3.8) is 0 Å².